The molecule has 0 aliphatic heterocycles. The van der Waals surface area contributed by atoms with Gasteiger partial charge in [-0.05, 0) is 51.9 Å². The van der Waals surface area contributed by atoms with Crippen LogP contribution in [0.2, 0.25) is 0 Å². The fourth-order valence-electron chi connectivity index (χ4n) is 4.38. The predicted octanol–water partition coefficient (Wildman–Crippen LogP) is 6.69. The Balaban J connectivity index is 1.80. The van der Waals surface area contributed by atoms with Crippen LogP contribution in [0.15, 0.2) is 103 Å². The smallest absolute Gasteiger partial charge is 0.0435 e. The summed E-state index contributed by atoms with van der Waals surface area (Å²) >= 11 is 0. The van der Waals surface area contributed by atoms with Crippen molar-refractivity contribution in [1.82, 2.24) is 0 Å². The molecule has 0 N–H and O–H groups in total. The van der Waals surface area contributed by atoms with Crippen LogP contribution in [0.25, 0.3) is 22.3 Å². The van der Waals surface area contributed by atoms with E-state index in [4.69, 9.17) is 0 Å². The quantitative estimate of drug-likeness (QED) is 0.384. The Hall–Kier alpha value is -3.12. The molecule has 0 heterocycles. The lowest BCUT2D eigenvalue weighted by Gasteiger charge is -2.28. The van der Waals surface area contributed by atoms with Crippen molar-refractivity contribution in [3.8, 4) is 22.3 Å². The van der Waals surface area contributed by atoms with Gasteiger partial charge in [0.1, 0.15) is 0 Å². The molecule has 0 spiro atoms. The van der Waals surface area contributed by atoms with E-state index in [1.807, 2.05) is 0 Å². The summed E-state index contributed by atoms with van der Waals surface area (Å²) in [6, 6.07) is 37.3. The fraction of sp³-hybridized carbons (Fsp3) is 0.0769. The molecule has 0 heteroatoms. The lowest BCUT2D eigenvalue weighted by Crippen LogP contribution is -2.22. The van der Waals surface area contributed by atoms with Crippen molar-refractivity contribution >= 4 is 0 Å². The number of hydrogen-bond acceptors (Lipinski definition) is 0. The van der Waals surface area contributed by atoms with Crippen molar-refractivity contribution in [2.75, 3.05) is 0 Å². The molecule has 5 rings (SSSR count). The van der Waals surface area contributed by atoms with Gasteiger partial charge in [0.05, 0.1) is 0 Å². The number of benzene rings is 4. The van der Waals surface area contributed by atoms with Gasteiger partial charge in [0.25, 0.3) is 0 Å². The first-order valence-corrected chi connectivity index (χ1v) is 9.14. The van der Waals surface area contributed by atoms with E-state index < -0.39 is 0 Å². The van der Waals surface area contributed by atoms with Gasteiger partial charge in [0.2, 0.25) is 0 Å². The van der Waals surface area contributed by atoms with Crippen LogP contribution in [0.1, 0.15) is 23.6 Å². The number of fused-ring (bicyclic) bond motifs is 3. The molecule has 0 aromatic heterocycles. The van der Waals surface area contributed by atoms with Crippen LogP contribution in [-0.2, 0) is 5.41 Å². The number of hydrogen-bond donors (Lipinski definition) is 0. The molecule has 1 aliphatic carbocycles. The third-order valence-electron chi connectivity index (χ3n) is 5.77. The average molecular weight is 332 g/mol. The minimum atomic E-state index is -0.127. The van der Waals surface area contributed by atoms with Gasteiger partial charge in [0, 0.05) is 5.41 Å². The summed E-state index contributed by atoms with van der Waals surface area (Å²) in [5, 5.41) is 0. The van der Waals surface area contributed by atoms with Crippen molar-refractivity contribution < 1.29 is 0 Å². The molecule has 0 nitrogen and oxygen atoms in total. The largest absolute Gasteiger partial charge is 0.0622 e. The molecule has 0 bridgehead atoms. The molecule has 0 saturated heterocycles. The van der Waals surface area contributed by atoms with Crippen molar-refractivity contribution in [3.05, 3.63) is 120 Å². The molecule has 26 heavy (non-hydrogen) atoms. The summed E-state index contributed by atoms with van der Waals surface area (Å²) in [5.41, 5.74) is 9.26. The Bertz CT molecular complexity index is 1080. The fourth-order valence-corrected chi connectivity index (χ4v) is 4.38. The SMILES string of the molecule is CC1(c2ccccc2)c2ccccc2-c2ccc(-c3ccccc3)cc21. The van der Waals surface area contributed by atoms with Gasteiger partial charge < -0.3 is 0 Å². The highest BCUT2D eigenvalue weighted by Gasteiger charge is 2.40. The van der Waals surface area contributed by atoms with Gasteiger partial charge in [-0.1, -0.05) is 97.1 Å². The molecule has 1 atom stereocenters. The first-order valence-electron chi connectivity index (χ1n) is 9.14. The van der Waals surface area contributed by atoms with Crippen molar-refractivity contribution in [3.63, 3.8) is 0 Å². The molecule has 0 saturated carbocycles. The lowest BCUT2D eigenvalue weighted by atomic mass is 9.74. The second-order valence-electron chi connectivity index (χ2n) is 7.16. The number of rotatable bonds is 2. The van der Waals surface area contributed by atoms with Gasteiger partial charge in [-0.3, -0.25) is 0 Å². The Kier molecular flexibility index (Phi) is 3.33. The van der Waals surface area contributed by atoms with E-state index in [1.54, 1.807) is 0 Å². The van der Waals surface area contributed by atoms with Gasteiger partial charge in [0.15, 0.2) is 0 Å². The second-order valence-corrected chi connectivity index (χ2v) is 7.16. The minimum absolute atomic E-state index is 0.127. The molecule has 4 aromatic rings. The summed E-state index contributed by atoms with van der Waals surface area (Å²) in [5.74, 6) is 0. The van der Waals surface area contributed by atoms with E-state index in [-0.39, 0.29) is 5.41 Å². The summed E-state index contributed by atoms with van der Waals surface area (Å²) in [6.45, 7) is 2.36. The zero-order valence-electron chi connectivity index (χ0n) is 14.8. The van der Waals surface area contributed by atoms with Crippen LogP contribution in [-0.4, -0.2) is 0 Å². The van der Waals surface area contributed by atoms with E-state index >= 15 is 0 Å². The third kappa shape index (κ3) is 2.09. The maximum atomic E-state index is 2.39. The highest BCUT2D eigenvalue weighted by Crippen LogP contribution is 2.52. The van der Waals surface area contributed by atoms with E-state index in [1.165, 1.54) is 38.9 Å². The highest BCUT2D eigenvalue weighted by molar-refractivity contribution is 5.85. The summed E-state index contributed by atoms with van der Waals surface area (Å²) < 4.78 is 0. The molecular weight excluding hydrogens is 312 g/mol. The van der Waals surface area contributed by atoms with E-state index in [9.17, 15) is 0 Å². The summed E-state index contributed by atoms with van der Waals surface area (Å²) in [4.78, 5) is 0. The molecule has 0 radical (unpaired) electrons. The third-order valence-corrected chi connectivity index (χ3v) is 5.77. The average Bonchev–Trinajstić information content (AvgIpc) is 2.99. The molecule has 1 aliphatic rings. The maximum absolute atomic E-state index is 2.39. The zero-order valence-corrected chi connectivity index (χ0v) is 14.8. The summed E-state index contributed by atoms with van der Waals surface area (Å²) in [6.07, 6.45) is 0. The van der Waals surface area contributed by atoms with Gasteiger partial charge >= 0.3 is 0 Å². The normalized spacial score (nSPS) is 17.6. The molecule has 124 valence electrons. The van der Waals surface area contributed by atoms with Crippen LogP contribution < -0.4 is 0 Å². The Morgan fingerprint density at radius 3 is 1.88 bits per heavy atom. The first-order chi connectivity index (χ1) is 12.8. The second kappa shape index (κ2) is 5.71. The Labute approximate surface area is 154 Å². The monoisotopic (exact) mass is 332 g/mol. The van der Waals surface area contributed by atoms with Crippen molar-refractivity contribution in [1.29, 1.82) is 0 Å². The Morgan fingerprint density at radius 1 is 0.500 bits per heavy atom. The first kappa shape index (κ1) is 15.2. The van der Waals surface area contributed by atoms with Crippen molar-refractivity contribution in [2.45, 2.75) is 12.3 Å². The van der Waals surface area contributed by atoms with E-state index in [0.29, 0.717) is 0 Å². The standard InChI is InChI=1S/C26H20/c1-26(21-12-6-3-7-13-21)24-15-9-8-14-22(24)23-17-16-20(18-25(23)26)19-10-4-2-5-11-19/h2-18H,1H3. The highest BCUT2D eigenvalue weighted by atomic mass is 14.4. The lowest BCUT2D eigenvalue weighted by molar-refractivity contribution is 0.714. The van der Waals surface area contributed by atoms with Gasteiger partial charge in [-0.15, -0.1) is 0 Å². The predicted molar refractivity (Wildman–Crippen MR) is 109 cm³/mol. The molecule has 4 aromatic carbocycles. The van der Waals surface area contributed by atoms with Gasteiger partial charge in [-0.2, -0.15) is 0 Å². The van der Waals surface area contributed by atoms with E-state index in [0.717, 1.165) is 0 Å². The van der Waals surface area contributed by atoms with E-state index in [2.05, 4.69) is 110 Å². The van der Waals surface area contributed by atoms with Crippen LogP contribution >= 0.6 is 0 Å². The van der Waals surface area contributed by atoms with Crippen molar-refractivity contribution in [2.24, 2.45) is 0 Å². The summed E-state index contributed by atoms with van der Waals surface area (Å²) in [7, 11) is 0. The zero-order chi connectivity index (χ0) is 17.6. The Morgan fingerprint density at radius 2 is 1.12 bits per heavy atom. The van der Waals surface area contributed by atoms with Crippen LogP contribution in [0, 0.1) is 0 Å². The minimum Gasteiger partial charge on any atom is -0.0622 e. The maximum Gasteiger partial charge on any atom is 0.0435 e. The molecule has 0 fully saturated rings. The van der Waals surface area contributed by atoms with Crippen LogP contribution in [0.4, 0.5) is 0 Å². The van der Waals surface area contributed by atoms with Crippen LogP contribution in [0.5, 0.6) is 0 Å². The topological polar surface area (TPSA) is 0 Å². The van der Waals surface area contributed by atoms with Crippen LogP contribution in [0.3, 0.4) is 0 Å². The molecule has 1 unspecified atom stereocenters. The van der Waals surface area contributed by atoms with Gasteiger partial charge in [-0.25, -0.2) is 0 Å². The molecule has 0 amide bonds. The molecular formula is C26H20.